The van der Waals surface area contributed by atoms with Crippen molar-refractivity contribution in [3.63, 3.8) is 0 Å². The average molecular weight is 1370 g/mol. The zero-order valence-electron chi connectivity index (χ0n) is 54.2. The third kappa shape index (κ3) is 12.2. The number of carboxylic acids is 1. The van der Waals surface area contributed by atoms with Crippen LogP contribution in [0.4, 0.5) is 0 Å². The first kappa shape index (κ1) is 73.8. The number of fused-ring (bicyclic) bond motifs is 7. The summed E-state index contributed by atoms with van der Waals surface area (Å²) < 4.78 is 71.7. The smallest absolute Gasteiger partial charge is 0.315 e. The van der Waals surface area contributed by atoms with E-state index >= 15 is 4.79 Å². The number of hydrogen-bond acceptors (Lipinski definition) is 31. The second kappa shape index (κ2) is 27.4. The van der Waals surface area contributed by atoms with E-state index in [4.69, 9.17) is 56.8 Å². The molecule has 6 heterocycles. The Bertz CT molecular complexity index is 2730. The fourth-order valence-electron chi connectivity index (χ4n) is 18.9. The summed E-state index contributed by atoms with van der Waals surface area (Å²) in [5.41, 5.74) is -4.52. The van der Waals surface area contributed by atoms with Crippen molar-refractivity contribution in [3.05, 3.63) is 11.6 Å². The molecule has 0 aromatic heterocycles. The van der Waals surface area contributed by atoms with Gasteiger partial charge in [0.05, 0.1) is 56.1 Å². The maximum absolute atomic E-state index is 15.6. The molecule has 544 valence electrons. The number of aliphatic hydroxyl groups is 17. The molecule has 6 saturated heterocycles. The van der Waals surface area contributed by atoms with E-state index in [0.717, 1.165) is 5.57 Å². The summed E-state index contributed by atoms with van der Waals surface area (Å²) in [7, 11) is 0. The zero-order valence-corrected chi connectivity index (χ0v) is 54.2. The van der Waals surface area contributed by atoms with Gasteiger partial charge < -0.3 is 149 Å². The van der Waals surface area contributed by atoms with Crippen molar-refractivity contribution >= 4 is 11.9 Å². The van der Waals surface area contributed by atoms with E-state index in [0.29, 0.717) is 51.4 Å². The molecule has 32 heteroatoms. The number of rotatable bonds is 18. The third-order valence-electron chi connectivity index (χ3n) is 24.6. The summed E-state index contributed by atoms with van der Waals surface area (Å²) in [6.45, 7) is 9.63. The molecular weight excluding hydrogens is 1270 g/mol. The van der Waals surface area contributed by atoms with Crippen LogP contribution in [0, 0.1) is 50.2 Å². The highest BCUT2D eigenvalue weighted by atomic mass is 16.8. The lowest BCUT2D eigenvalue weighted by Gasteiger charge is -2.71. The Labute approximate surface area is 548 Å². The average Bonchev–Trinajstić information content (AvgIpc) is 1.22. The number of aliphatic carboxylic acids is 1. The first-order valence-electron chi connectivity index (χ1n) is 33.2. The summed E-state index contributed by atoms with van der Waals surface area (Å²) >= 11 is 0. The van der Waals surface area contributed by atoms with Crippen LogP contribution in [0.25, 0.3) is 0 Å². The van der Waals surface area contributed by atoms with Crippen LogP contribution in [-0.2, 0) is 66.4 Å². The van der Waals surface area contributed by atoms with Crippen molar-refractivity contribution in [1.29, 1.82) is 0 Å². The Morgan fingerprint density at radius 1 is 0.474 bits per heavy atom. The Morgan fingerprint density at radius 2 is 0.916 bits per heavy atom. The molecule has 0 aromatic rings. The van der Waals surface area contributed by atoms with Gasteiger partial charge in [0, 0.05) is 0 Å². The molecule has 0 spiro atoms. The Morgan fingerprint density at radius 3 is 1.46 bits per heavy atom. The second-order valence-electron chi connectivity index (χ2n) is 30.3. The van der Waals surface area contributed by atoms with Gasteiger partial charge in [-0.25, -0.2) is 0 Å². The predicted molar refractivity (Wildman–Crippen MR) is 312 cm³/mol. The molecule has 37 atom stereocenters. The second-order valence-corrected chi connectivity index (χ2v) is 30.3. The fourth-order valence-corrected chi connectivity index (χ4v) is 18.9. The van der Waals surface area contributed by atoms with Crippen LogP contribution in [0.3, 0.4) is 0 Å². The van der Waals surface area contributed by atoms with Crippen LogP contribution >= 0.6 is 0 Å². The molecule has 0 aromatic carbocycles. The van der Waals surface area contributed by atoms with Crippen LogP contribution in [-0.4, -0.2) is 315 Å². The van der Waals surface area contributed by atoms with Crippen LogP contribution in [0.15, 0.2) is 11.6 Å². The van der Waals surface area contributed by atoms with Gasteiger partial charge in [-0.2, -0.15) is 0 Å². The van der Waals surface area contributed by atoms with Crippen molar-refractivity contribution < 1.29 is 158 Å². The van der Waals surface area contributed by atoms with Crippen molar-refractivity contribution in [3.8, 4) is 0 Å². The molecule has 5 aliphatic carbocycles. The number of aliphatic hydroxyl groups excluding tert-OH is 17. The third-order valence-corrected chi connectivity index (χ3v) is 24.6. The van der Waals surface area contributed by atoms with Gasteiger partial charge >= 0.3 is 11.9 Å². The first-order valence-corrected chi connectivity index (χ1v) is 33.2. The zero-order chi connectivity index (χ0) is 69.3. The van der Waals surface area contributed by atoms with E-state index in [1.54, 1.807) is 0 Å². The SMILES string of the molecule is C[C@@H]1O[C@@H](O[C@@H]2[C@@H](OC(=O)[C@]34CCC(C)(C)C[C@H]3C3=CC[C@@H]5[C@@]6(C)C[C@H](O)[C@H](O[C@@H]7O[C@H](CO)[C@@H](O)[C@H](O[C@@H]8O[C@H](CO)[C@@H](O)[C@H](O)[C@H]8O)[C@H]7O)[C@@](C)(C(=O)O)[C@@H]6CC[C@@]5(C)[C@]3(C)CC4)O[C@H](CO)[C@H]2O)[C@H](O)[C@H](O[C@H]2O[C@H](CO)[C@@H](O)[C@@H]2O)[C@H]1O[C@@H]1O[C@H](CO)[C@H](O)[C@H]1O. The maximum atomic E-state index is 15.6. The van der Waals surface area contributed by atoms with E-state index in [-0.39, 0.29) is 17.8 Å². The molecule has 32 nitrogen and oxygen atoms in total. The summed E-state index contributed by atoms with van der Waals surface area (Å²) in [5, 5.41) is 196. The van der Waals surface area contributed by atoms with E-state index in [2.05, 4.69) is 33.8 Å². The van der Waals surface area contributed by atoms with E-state index in [1.807, 2.05) is 6.92 Å². The number of esters is 1. The fraction of sp³-hybridized carbons (Fsp3) is 0.937. The summed E-state index contributed by atoms with van der Waals surface area (Å²) in [4.78, 5) is 29.7. The minimum Gasteiger partial charge on any atom is -0.481 e. The van der Waals surface area contributed by atoms with Crippen molar-refractivity contribution in [2.75, 3.05) is 33.0 Å². The van der Waals surface area contributed by atoms with Gasteiger partial charge in [-0.05, 0) is 111 Å². The minimum atomic E-state index is -2.01. The van der Waals surface area contributed by atoms with Crippen molar-refractivity contribution in [2.24, 2.45) is 50.2 Å². The lowest BCUT2D eigenvalue weighted by Crippen LogP contribution is -2.70. The van der Waals surface area contributed by atoms with Gasteiger partial charge in [-0.15, -0.1) is 0 Å². The Kier molecular flexibility index (Phi) is 21.3. The van der Waals surface area contributed by atoms with Gasteiger partial charge in [0.2, 0.25) is 6.29 Å². The minimum absolute atomic E-state index is 0.00983. The van der Waals surface area contributed by atoms with Gasteiger partial charge in [0.1, 0.15) is 122 Å². The van der Waals surface area contributed by atoms with Crippen LogP contribution in [0.5, 0.6) is 0 Å². The van der Waals surface area contributed by atoms with E-state index in [1.165, 1.54) is 13.8 Å². The van der Waals surface area contributed by atoms with Crippen molar-refractivity contribution in [1.82, 2.24) is 0 Å². The normalized spacial score (nSPS) is 54.4. The van der Waals surface area contributed by atoms with Crippen LogP contribution < -0.4 is 0 Å². The number of allylic oxidation sites excluding steroid dienone is 2. The van der Waals surface area contributed by atoms with Crippen LogP contribution in [0.2, 0.25) is 0 Å². The van der Waals surface area contributed by atoms with E-state index < -0.39 is 262 Å². The predicted octanol–water partition coefficient (Wildman–Crippen LogP) is -5.41. The molecule has 6 aliphatic heterocycles. The number of hydrogen-bond donors (Lipinski definition) is 18. The van der Waals surface area contributed by atoms with Gasteiger partial charge in [0.25, 0.3) is 0 Å². The lowest BCUT2D eigenvalue weighted by molar-refractivity contribution is -0.373. The number of ether oxygens (including phenoxy) is 12. The summed E-state index contributed by atoms with van der Waals surface area (Å²) in [6, 6.07) is 0. The molecule has 10 fully saturated rings. The van der Waals surface area contributed by atoms with Crippen LogP contribution in [0.1, 0.15) is 106 Å². The molecule has 18 N–H and O–H groups in total. The number of carbonyl (C=O) groups excluding carboxylic acids is 1. The monoisotopic (exact) mass is 1370 g/mol. The van der Waals surface area contributed by atoms with Gasteiger partial charge in [-0.1, -0.05) is 46.3 Å². The number of carbonyl (C=O) groups is 2. The molecule has 95 heavy (non-hydrogen) atoms. The largest absolute Gasteiger partial charge is 0.481 e. The Hall–Kier alpha value is -2.44. The van der Waals surface area contributed by atoms with Gasteiger partial charge in [-0.3, -0.25) is 9.59 Å². The molecule has 0 unspecified atom stereocenters. The Balaban J connectivity index is 0.835. The molecule has 11 aliphatic rings. The molecule has 0 bridgehead atoms. The highest BCUT2D eigenvalue weighted by Crippen LogP contribution is 2.76. The standard InChI is InChI=1S/C63H100O32/c1-23-45(90-50-40(76)35(71)28(19-65)86-50)47(92-51-41(77)36(72)29(20-66)87-51)44(80)53(84-23)93-48-38(74)31(22-68)89-55(48)95-57(83)63-14-12-58(2,3)16-25(63)24-8-9-32-59(4)17-26(69)49(62(7,56(81)82)33(59)10-11-61(32,6)60(24,5)13-15-63)94-54-43(79)46(37(73)30(21-67)88-54)91-52-42(78)39(75)34(70)27(18-64)85-52/h8,23,25-55,64-80H,9-22H2,1-7H3,(H,81,82)/t23-,25-,26-,27+,28+,29+,30+,31+,32+,33+,34+,35-,36+,37+,38+,39-,40+,41-,42+,43+,44+,45-,46-,47-,48-,49-,50-,51+,52-,53-,54-,55+,59+,60+,61+,62-,63-/m0/s1. The highest BCUT2D eigenvalue weighted by Gasteiger charge is 2.73. The van der Waals surface area contributed by atoms with E-state index in [9.17, 15) is 96.7 Å². The summed E-state index contributed by atoms with van der Waals surface area (Å²) in [5.74, 6) is -3.42. The lowest BCUT2D eigenvalue weighted by atomic mass is 9.33. The highest BCUT2D eigenvalue weighted by molar-refractivity contribution is 5.79. The molecular formula is C63H100O32. The molecule has 0 radical (unpaired) electrons. The molecule has 4 saturated carbocycles. The first-order chi connectivity index (χ1) is 44.6. The number of carboxylic acid groups (broad SMARTS) is 1. The maximum Gasteiger partial charge on any atom is 0.315 e. The van der Waals surface area contributed by atoms with Crippen molar-refractivity contribution in [2.45, 2.75) is 284 Å². The quantitative estimate of drug-likeness (QED) is 0.0346. The van der Waals surface area contributed by atoms with Gasteiger partial charge in [0.15, 0.2) is 37.6 Å². The topological polar surface area (TPSA) is 509 Å². The molecule has 0 amide bonds. The summed E-state index contributed by atoms with van der Waals surface area (Å²) in [6.07, 6.45) is -42.8. The molecule has 11 rings (SSSR count).